The molecule has 60 valence electrons. The molecule has 0 aliphatic heterocycles. The lowest BCUT2D eigenvalue weighted by Crippen LogP contribution is -1.85. The molecule has 0 spiro atoms. The molecular formula is C7H5Cl3O. The summed E-state index contributed by atoms with van der Waals surface area (Å²) in [4.78, 5) is 0. The SMILES string of the molecule is [2H]C([2H])([2H])Oc1c(Cl)ccc(Cl)c1Cl. The zero-order chi connectivity index (χ0) is 10.9. The van der Waals surface area contributed by atoms with Crippen LogP contribution in [-0.2, 0) is 0 Å². The van der Waals surface area contributed by atoms with Crippen molar-refractivity contribution < 1.29 is 8.85 Å². The molecule has 1 nitrogen and oxygen atoms in total. The Hall–Kier alpha value is -0.110. The predicted octanol–water partition coefficient (Wildman–Crippen LogP) is 3.66. The van der Waals surface area contributed by atoms with E-state index in [0.717, 1.165) is 0 Å². The van der Waals surface area contributed by atoms with E-state index in [1.165, 1.54) is 12.1 Å². The number of rotatable bonds is 1. The summed E-state index contributed by atoms with van der Waals surface area (Å²) in [5.74, 6) is -0.124. The van der Waals surface area contributed by atoms with Crippen molar-refractivity contribution in [3.8, 4) is 5.75 Å². The van der Waals surface area contributed by atoms with E-state index >= 15 is 0 Å². The summed E-state index contributed by atoms with van der Waals surface area (Å²) in [6.45, 7) is 0. The van der Waals surface area contributed by atoms with Crippen LogP contribution in [-0.4, -0.2) is 7.04 Å². The van der Waals surface area contributed by atoms with E-state index in [9.17, 15) is 0 Å². The quantitative estimate of drug-likeness (QED) is 0.648. The summed E-state index contributed by atoms with van der Waals surface area (Å²) in [6, 6.07) is 2.87. The first-order valence-corrected chi connectivity index (χ1v) is 3.77. The molecule has 11 heavy (non-hydrogen) atoms. The van der Waals surface area contributed by atoms with Crippen LogP contribution in [0.5, 0.6) is 5.75 Å². The standard InChI is InChI=1S/C7H5Cl3O/c1-11-7-5(9)3-2-4(8)6(7)10/h2-3H,1H3/i1D3. The number of benzene rings is 1. The maximum Gasteiger partial charge on any atom is 0.157 e. The number of ether oxygens (including phenoxy) is 1. The molecular weight excluding hydrogens is 206 g/mol. The van der Waals surface area contributed by atoms with E-state index in [1.807, 2.05) is 0 Å². The Morgan fingerprint density at radius 1 is 1.27 bits per heavy atom. The van der Waals surface area contributed by atoms with Gasteiger partial charge in [0.1, 0.15) is 5.02 Å². The molecule has 4 heteroatoms. The van der Waals surface area contributed by atoms with E-state index in [1.54, 1.807) is 0 Å². The Morgan fingerprint density at radius 2 is 1.91 bits per heavy atom. The van der Waals surface area contributed by atoms with Gasteiger partial charge in [-0.1, -0.05) is 34.8 Å². The molecule has 0 fully saturated rings. The molecule has 0 aliphatic rings. The zero-order valence-electron chi connectivity index (χ0n) is 8.20. The highest BCUT2D eigenvalue weighted by molar-refractivity contribution is 6.44. The number of halogens is 3. The van der Waals surface area contributed by atoms with Crippen molar-refractivity contribution in [3.05, 3.63) is 27.2 Å². The first-order valence-electron chi connectivity index (χ1n) is 4.14. The van der Waals surface area contributed by atoms with Crippen molar-refractivity contribution in [2.45, 2.75) is 0 Å². The molecule has 1 aromatic rings. The van der Waals surface area contributed by atoms with Crippen molar-refractivity contribution in [1.82, 2.24) is 0 Å². The number of hydrogen-bond acceptors (Lipinski definition) is 1. The van der Waals surface area contributed by atoms with Crippen molar-refractivity contribution >= 4 is 34.8 Å². The average molecular weight is 214 g/mol. The monoisotopic (exact) mass is 213 g/mol. The summed E-state index contributed by atoms with van der Waals surface area (Å²) in [7, 11) is -2.60. The number of methoxy groups -OCH3 is 1. The molecule has 0 bridgehead atoms. The molecule has 0 saturated carbocycles. The van der Waals surface area contributed by atoms with Crippen LogP contribution in [0.4, 0.5) is 0 Å². The summed E-state index contributed by atoms with van der Waals surface area (Å²) < 4.78 is 25.2. The molecule has 0 saturated heterocycles. The van der Waals surface area contributed by atoms with Gasteiger partial charge in [0.15, 0.2) is 5.75 Å². The Bertz CT molecular complexity index is 351. The van der Waals surface area contributed by atoms with Crippen molar-refractivity contribution in [2.75, 3.05) is 7.04 Å². The van der Waals surface area contributed by atoms with E-state index in [-0.39, 0.29) is 20.8 Å². The molecule has 0 aliphatic carbocycles. The summed E-state index contributed by atoms with van der Waals surface area (Å²) in [5, 5.41) is 0.293. The Balaban J connectivity index is 3.13. The van der Waals surface area contributed by atoms with Crippen molar-refractivity contribution in [1.29, 1.82) is 0 Å². The lowest BCUT2D eigenvalue weighted by atomic mass is 10.3. The summed E-state index contributed by atoms with van der Waals surface area (Å²) in [6.07, 6.45) is 0. The highest BCUT2D eigenvalue weighted by Gasteiger charge is 2.08. The number of hydrogen-bond donors (Lipinski definition) is 0. The summed E-state index contributed by atoms with van der Waals surface area (Å²) in [5.41, 5.74) is 0. The highest BCUT2D eigenvalue weighted by Crippen LogP contribution is 2.37. The van der Waals surface area contributed by atoms with Crippen LogP contribution in [0.1, 0.15) is 4.11 Å². The van der Waals surface area contributed by atoms with Gasteiger partial charge in [-0.15, -0.1) is 0 Å². The first kappa shape index (κ1) is 5.52. The molecule has 0 heterocycles. The Morgan fingerprint density at radius 3 is 2.55 bits per heavy atom. The highest BCUT2D eigenvalue weighted by atomic mass is 35.5. The second-order valence-corrected chi connectivity index (χ2v) is 2.97. The van der Waals surface area contributed by atoms with Gasteiger partial charge in [-0.2, -0.15) is 0 Å². The molecule has 0 N–H and O–H groups in total. The van der Waals surface area contributed by atoms with Crippen LogP contribution in [0.25, 0.3) is 0 Å². The first-order chi connectivity index (χ1) is 6.31. The normalized spacial score (nSPS) is 15.0. The fraction of sp³-hybridized carbons (Fsp3) is 0.143. The molecule has 0 radical (unpaired) electrons. The van der Waals surface area contributed by atoms with Crippen LogP contribution in [0, 0.1) is 0 Å². The van der Waals surface area contributed by atoms with Gasteiger partial charge in [0.25, 0.3) is 0 Å². The smallest absolute Gasteiger partial charge is 0.157 e. The molecule has 1 rings (SSSR count). The lowest BCUT2D eigenvalue weighted by molar-refractivity contribution is 0.415. The van der Waals surface area contributed by atoms with Crippen molar-refractivity contribution in [2.24, 2.45) is 0 Å². The second kappa shape index (κ2) is 3.53. The molecule has 0 atom stereocenters. The molecule has 0 aromatic heterocycles. The third kappa shape index (κ3) is 1.73. The third-order valence-electron chi connectivity index (χ3n) is 1.10. The van der Waals surface area contributed by atoms with E-state index in [2.05, 4.69) is 4.74 Å². The minimum atomic E-state index is -2.60. The fourth-order valence-electron chi connectivity index (χ4n) is 0.602. The summed E-state index contributed by atoms with van der Waals surface area (Å²) >= 11 is 17.1. The van der Waals surface area contributed by atoms with Gasteiger partial charge in [-0.25, -0.2) is 0 Å². The zero-order valence-corrected chi connectivity index (χ0v) is 7.46. The fourth-order valence-corrected chi connectivity index (χ4v) is 1.20. The Labute approximate surface area is 84.0 Å². The van der Waals surface area contributed by atoms with E-state index in [0.29, 0.717) is 0 Å². The van der Waals surface area contributed by atoms with Gasteiger partial charge in [-0.05, 0) is 12.1 Å². The topological polar surface area (TPSA) is 9.23 Å². The van der Waals surface area contributed by atoms with Gasteiger partial charge in [0.05, 0.1) is 21.2 Å². The van der Waals surface area contributed by atoms with Crippen LogP contribution in [0.2, 0.25) is 15.1 Å². The van der Waals surface area contributed by atoms with Crippen molar-refractivity contribution in [3.63, 3.8) is 0 Å². The Kier molecular flexibility index (Phi) is 1.77. The van der Waals surface area contributed by atoms with E-state index < -0.39 is 7.04 Å². The minimum Gasteiger partial charge on any atom is -0.494 e. The molecule has 1 aromatic carbocycles. The lowest BCUT2D eigenvalue weighted by Gasteiger charge is -2.05. The predicted molar refractivity (Wildman–Crippen MR) is 48.0 cm³/mol. The van der Waals surface area contributed by atoms with Crippen LogP contribution in [0.3, 0.4) is 0 Å². The van der Waals surface area contributed by atoms with E-state index in [4.69, 9.17) is 38.9 Å². The van der Waals surface area contributed by atoms with Crippen LogP contribution in [0.15, 0.2) is 12.1 Å². The second-order valence-electron chi connectivity index (χ2n) is 1.77. The van der Waals surface area contributed by atoms with Crippen LogP contribution >= 0.6 is 34.8 Å². The third-order valence-corrected chi connectivity index (χ3v) is 2.19. The maximum absolute atomic E-state index is 6.88. The van der Waals surface area contributed by atoms with Gasteiger partial charge >= 0.3 is 0 Å². The van der Waals surface area contributed by atoms with Crippen LogP contribution < -0.4 is 4.74 Å². The van der Waals surface area contributed by atoms with Gasteiger partial charge in [-0.3, -0.25) is 0 Å². The average Bonchev–Trinajstić information content (AvgIpc) is 2.04. The molecule has 0 unspecified atom stereocenters. The molecule has 0 amide bonds. The maximum atomic E-state index is 6.88. The van der Waals surface area contributed by atoms with Gasteiger partial charge in [0, 0.05) is 0 Å². The largest absolute Gasteiger partial charge is 0.494 e. The van der Waals surface area contributed by atoms with Gasteiger partial charge < -0.3 is 4.74 Å². The van der Waals surface area contributed by atoms with Gasteiger partial charge in [0.2, 0.25) is 0 Å². The minimum absolute atomic E-state index is 0.00436.